The Morgan fingerprint density at radius 1 is 1.03 bits per heavy atom. The molecule has 162 valence electrons. The molecule has 0 bridgehead atoms. The van der Waals surface area contributed by atoms with Gasteiger partial charge >= 0.3 is 0 Å². The molecule has 5 nitrogen and oxygen atoms in total. The zero-order valence-electron chi connectivity index (χ0n) is 19.0. The van der Waals surface area contributed by atoms with E-state index in [1.807, 2.05) is 71.0 Å². The van der Waals surface area contributed by atoms with E-state index in [2.05, 4.69) is 11.4 Å². The molecule has 2 amide bonds. The molecule has 0 aliphatic heterocycles. The molecular formula is C25H34N2O3. The van der Waals surface area contributed by atoms with Gasteiger partial charge in [0.15, 0.2) is 6.61 Å². The van der Waals surface area contributed by atoms with Gasteiger partial charge in [-0.05, 0) is 75.4 Å². The van der Waals surface area contributed by atoms with Gasteiger partial charge in [0.2, 0.25) is 5.91 Å². The molecule has 0 unspecified atom stereocenters. The first-order valence-corrected chi connectivity index (χ1v) is 10.6. The van der Waals surface area contributed by atoms with Crippen LogP contribution in [-0.2, 0) is 16.1 Å². The standard InChI is InChI=1S/C25H34N2O3/c1-7-20(5)26-25(29)21(6)27(15-22-11-9-8-10-19(22)4)24(28)16-30-23-13-17(2)12-18(3)14-23/h8-14,20-21H,7,15-16H2,1-6H3,(H,26,29)/t20-,21-/m0/s1. The lowest BCUT2D eigenvalue weighted by Crippen LogP contribution is -2.50. The van der Waals surface area contributed by atoms with Crippen molar-refractivity contribution in [3.63, 3.8) is 0 Å². The Bertz CT molecular complexity index is 858. The van der Waals surface area contributed by atoms with Crippen molar-refractivity contribution in [1.29, 1.82) is 0 Å². The van der Waals surface area contributed by atoms with Gasteiger partial charge in [0.05, 0.1) is 0 Å². The van der Waals surface area contributed by atoms with Crippen LogP contribution in [-0.4, -0.2) is 35.4 Å². The fourth-order valence-electron chi connectivity index (χ4n) is 3.26. The van der Waals surface area contributed by atoms with Gasteiger partial charge < -0.3 is 15.0 Å². The highest BCUT2D eigenvalue weighted by molar-refractivity contribution is 5.88. The van der Waals surface area contributed by atoms with Crippen LogP contribution in [0.1, 0.15) is 49.4 Å². The topological polar surface area (TPSA) is 58.6 Å². The van der Waals surface area contributed by atoms with Crippen LogP contribution in [0, 0.1) is 20.8 Å². The highest BCUT2D eigenvalue weighted by Crippen LogP contribution is 2.18. The van der Waals surface area contributed by atoms with Gasteiger partial charge in [0, 0.05) is 12.6 Å². The molecule has 0 spiro atoms. The zero-order valence-corrected chi connectivity index (χ0v) is 19.0. The van der Waals surface area contributed by atoms with E-state index in [0.717, 1.165) is 28.7 Å². The Labute approximate surface area is 180 Å². The maximum Gasteiger partial charge on any atom is 0.261 e. The molecule has 2 aromatic carbocycles. The Morgan fingerprint density at radius 2 is 1.67 bits per heavy atom. The van der Waals surface area contributed by atoms with Crippen LogP contribution in [0.3, 0.4) is 0 Å². The third-order valence-corrected chi connectivity index (χ3v) is 5.33. The van der Waals surface area contributed by atoms with Crippen molar-refractivity contribution < 1.29 is 14.3 Å². The third-order valence-electron chi connectivity index (χ3n) is 5.33. The monoisotopic (exact) mass is 410 g/mol. The van der Waals surface area contributed by atoms with Crippen LogP contribution in [0.25, 0.3) is 0 Å². The minimum Gasteiger partial charge on any atom is -0.484 e. The second kappa shape index (κ2) is 10.8. The number of hydrogen-bond acceptors (Lipinski definition) is 3. The second-order valence-corrected chi connectivity index (χ2v) is 8.05. The quantitative estimate of drug-likeness (QED) is 0.670. The number of amides is 2. The van der Waals surface area contributed by atoms with Crippen molar-refractivity contribution in [2.45, 2.75) is 66.6 Å². The summed E-state index contributed by atoms with van der Waals surface area (Å²) >= 11 is 0. The van der Waals surface area contributed by atoms with Crippen LogP contribution in [0.2, 0.25) is 0 Å². The van der Waals surface area contributed by atoms with Gasteiger partial charge in [0.1, 0.15) is 11.8 Å². The van der Waals surface area contributed by atoms with Gasteiger partial charge in [-0.15, -0.1) is 0 Å². The molecule has 0 fully saturated rings. The van der Waals surface area contributed by atoms with Crippen LogP contribution in [0.4, 0.5) is 0 Å². The highest BCUT2D eigenvalue weighted by Gasteiger charge is 2.27. The van der Waals surface area contributed by atoms with Gasteiger partial charge in [0.25, 0.3) is 5.91 Å². The van der Waals surface area contributed by atoms with E-state index in [1.54, 1.807) is 11.8 Å². The van der Waals surface area contributed by atoms with E-state index in [4.69, 9.17) is 4.74 Å². The van der Waals surface area contributed by atoms with E-state index in [0.29, 0.717) is 12.3 Å². The van der Waals surface area contributed by atoms with Crippen LogP contribution < -0.4 is 10.1 Å². The van der Waals surface area contributed by atoms with E-state index in [9.17, 15) is 9.59 Å². The molecule has 2 aromatic rings. The molecule has 0 aromatic heterocycles. The van der Waals surface area contributed by atoms with Gasteiger partial charge in [-0.3, -0.25) is 9.59 Å². The number of hydrogen-bond donors (Lipinski definition) is 1. The minimum atomic E-state index is -0.603. The van der Waals surface area contributed by atoms with Crippen molar-refractivity contribution in [2.24, 2.45) is 0 Å². The van der Waals surface area contributed by atoms with Gasteiger partial charge in [-0.1, -0.05) is 37.3 Å². The number of benzene rings is 2. The maximum atomic E-state index is 13.1. The number of aryl methyl sites for hydroxylation is 3. The number of ether oxygens (including phenoxy) is 1. The number of rotatable bonds is 9. The van der Waals surface area contributed by atoms with Crippen molar-refractivity contribution in [3.05, 3.63) is 64.7 Å². The molecule has 0 aliphatic carbocycles. The van der Waals surface area contributed by atoms with Crippen molar-refractivity contribution in [2.75, 3.05) is 6.61 Å². The fraction of sp³-hybridized carbons (Fsp3) is 0.440. The Kier molecular flexibility index (Phi) is 8.46. The molecule has 2 rings (SSSR count). The maximum absolute atomic E-state index is 13.1. The van der Waals surface area contributed by atoms with Crippen LogP contribution in [0.15, 0.2) is 42.5 Å². The van der Waals surface area contributed by atoms with Gasteiger partial charge in [-0.2, -0.15) is 0 Å². The van der Waals surface area contributed by atoms with Crippen LogP contribution in [0.5, 0.6) is 5.75 Å². The predicted molar refractivity (Wildman–Crippen MR) is 120 cm³/mol. The molecule has 1 N–H and O–H groups in total. The molecule has 0 radical (unpaired) electrons. The summed E-state index contributed by atoms with van der Waals surface area (Å²) in [5, 5.41) is 2.98. The Hall–Kier alpha value is -2.82. The Morgan fingerprint density at radius 3 is 2.27 bits per heavy atom. The normalized spacial score (nSPS) is 12.7. The van der Waals surface area contributed by atoms with E-state index in [1.165, 1.54) is 0 Å². The highest BCUT2D eigenvalue weighted by atomic mass is 16.5. The lowest BCUT2D eigenvalue weighted by molar-refractivity contribution is -0.142. The summed E-state index contributed by atoms with van der Waals surface area (Å²) in [7, 11) is 0. The third kappa shape index (κ3) is 6.61. The molecule has 2 atom stereocenters. The first-order chi connectivity index (χ1) is 14.2. The van der Waals surface area contributed by atoms with E-state index in [-0.39, 0.29) is 24.5 Å². The van der Waals surface area contributed by atoms with Gasteiger partial charge in [-0.25, -0.2) is 0 Å². The summed E-state index contributed by atoms with van der Waals surface area (Å²) in [4.78, 5) is 27.5. The number of nitrogens with zero attached hydrogens (tertiary/aromatic N) is 1. The molecule has 0 saturated carbocycles. The summed E-state index contributed by atoms with van der Waals surface area (Å²) in [6, 6.07) is 13.2. The summed E-state index contributed by atoms with van der Waals surface area (Å²) in [5.74, 6) is 0.287. The average Bonchev–Trinajstić information content (AvgIpc) is 2.70. The summed E-state index contributed by atoms with van der Waals surface area (Å²) in [6.07, 6.45) is 0.833. The smallest absolute Gasteiger partial charge is 0.261 e. The number of carbonyl (C=O) groups is 2. The lowest BCUT2D eigenvalue weighted by Gasteiger charge is -2.30. The molecule has 30 heavy (non-hydrogen) atoms. The molecule has 0 heterocycles. The van der Waals surface area contributed by atoms with Crippen molar-refractivity contribution in [3.8, 4) is 5.75 Å². The first kappa shape index (κ1) is 23.5. The van der Waals surface area contributed by atoms with Crippen LogP contribution >= 0.6 is 0 Å². The zero-order chi connectivity index (χ0) is 22.3. The van der Waals surface area contributed by atoms with Crippen molar-refractivity contribution in [1.82, 2.24) is 10.2 Å². The summed E-state index contributed by atoms with van der Waals surface area (Å²) < 4.78 is 5.79. The lowest BCUT2D eigenvalue weighted by atomic mass is 10.1. The molecule has 0 aliphatic rings. The number of carbonyl (C=O) groups excluding carboxylic acids is 2. The predicted octanol–water partition coefficient (Wildman–Crippen LogP) is 4.32. The average molecular weight is 411 g/mol. The second-order valence-electron chi connectivity index (χ2n) is 8.05. The van der Waals surface area contributed by atoms with E-state index >= 15 is 0 Å². The van der Waals surface area contributed by atoms with Crippen molar-refractivity contribution >= 4 is 11.8 Å². The SMILES string of the molecule is CC[C@H](C)NC(=O)[C@H](C)N(Cc1ccccc1C)C(=O)COc1cc(C)cc(C)c1. The molecular weight excluding hydrogens is 376 g/mol. The minimum absolute atomic E-state index is 0.0573. The summed E-state index contributed by atoms with van der Waals surface area (Å²) in [6.45, 7) is 12.0. The Balaban J connectivity index is 2.19. The molecule has 5 heteroatoms. The first-order valence-electron chi connectivity index (χ1n) is 10.6. The molecule has 0 saturated heterocycles. The fourth-order valence-corrected chi connectivity index (χ4v) is 3.26. The number of nitrogens with one attached hydrogen (secondary N) is 1. The summed E-state index contributed by atoms with van der Waals surface area (Å²) in [5.41, 5.74) is 4.26. The van der Waals surface area contributed by atoms with E-state index < -0.39 is 6.04 Å². The largest absolute Gasteiger partial charge is 0.484 e.